The number of hydrogen-bond donors (Lipinski definition) is 1. The summed E-state index contributed by atoms with van der Waals surface area (Å²) in [5.41, 5.74) is 2.89. The zero-order chi connectivity index (χ0) is 17.2. The average molecular weight is 325 g/mol. The lowest BCUT2D eigenvalue weighted by Crippen LogP contribution is -2.14. The molecule has 4 rings (SSSR count). The number of nitrogens with zero attached hydrogens (tertiary/aromatic N) is 2. The highest BCUT2D eigenvalue weighted by molar-refractivity contribution is 6.33. The van der Waals surface area contributed by atoms with Gasteiger partial charge >= 0.3 is 0 Å². The molecular weight excluding hydrogens is 313 g/mol. The van der Waals surface area contributed by atoms with Gasteiger partial charge in [0.2, 0.25) is 0 Å². The molecule has 0 spiro atoms. The van der Waals surface area contributed by atoms with Crippen LogP contribution in [0.1, 0.15) is 10.4 Å². The molecule has 1 amide bonds. The minimum absolute atomic E-state index is 0.265. The summed E-state index contributed by atoms with van der Waals surface area (Å²) in [6.45, 7) is 0. The minimum Gasteiger partial charge on any atom is -0.463 e. The predicted molar refractivity (Wildman–Crippen MR) is 97.0 cm³/mol. The zero-order valence-electron chi connectivity index (χ0n) is 13.1. The Labute approximate surface area is 145 Å². The van der Waals surface area contributed by atoms with E-state index in [0.29, 0.717) is 39.1 Å². The number of carbonyl (C=O) groups is 1. The van der Waals surface area contributed by atoms with Crippen LogP contribution in [0.3, 0.4) is 0 Å². The Balaban J connectivity index is 1.85. The topological polar surface area (TPSA) is 68.0 Å². The van der Waals surface area contributed by atoms with Gasteiger partial charge in [-0.1, -0.05) is 17.6 Å². The first-order valence-electron chi connectivity index (χ1n) is 7.66. The highest BCUT2D eigenvalue weighted by Crippen LogP contribution is 2.25. The summed E-state index contributed by atoms with van der Waals surface area (Å²) in [5.74, 6) is 0.327. The normalized spacial score (nSPS) is 10.7. The SMILES string of the molecule is [B]c1ccc2nc(-c3ccco3)cc(C(=O)Nc3cccnc3)c2c1. The third kappa shape index (κ3) is 3.02. The standard InChI is InChI=1S/C19H12BN3O2/c20-12-5-6-16-14(9-12)15(10-17(23-16)18-4-2-8-25-18)19(24)22-13-3-1-7-21-11-13/h1-11H,(H,22,24). The molecule has 1 N–H and O–H groups in total. The summed E-state index contributed by atoms with van der Waals surface area (Å²) < 4.78 is 5.42. The Kier molecular flexibility index (Phi) is 3.78. The van der Waals surface area contributed by atoms with Gasteiger partial charge in [0.1, 0.15) is 13.5 Å². The zero-order valence-corrected chi connectivity index (χ0v) is 13.1. The Morgan fingerprint density at radius 2 is 2.04 bits per heavy atom. The molecule has 0 atom stereocenters. The number of benzene rings is 1. The van der Waals surface area contributed by atoms with Crippen molar-refractivity contribution in [2.75, 3.05) is 5.32 Å². The maximum absolute atomic E-state index is 12.8. The van der Waals surface area contributed by atoms with Crippen LogP contribution < -0.4 is 10.8 Å². The monoisotopic (exact) mass is 325 g/mol. The number of hydrogen-bond acceptors (Lipinski definition) is 4. The second kappa shape index (κ2) is 6.24. The lowest BCUT2D eigenvalue weighted by molar-refractivity contribution is 0.102. The van der Waals surface area contributed by atoms with Crippen LogP contribution in [0.25, 0.3) is 22.4 Å². The summed E-state index contributed by atoms with van der Waals surface area (Å²) in [4.78, 5) is 21.4. The molecule has 0 saturated carbocycles. The number of furan rings is 1. The molecule has 25 heavy (non-hydrogen) atoms. The summed E-state index contributed by atoms with van der Waals surface area (Å²) in [6.07, 6.45) is 4.80. The van der Waals surface area contributed by atoms with Gasteiger partial charge in [-0.25, -0.2) is 4.98 Å². The smallest absolute Gasteiger partial charge is 0.256 e. The van der Waals surface area contributed by atoms with Crippen molar-refractivity contribution in [1.29, 1.82) is 0 Å². The van der Waals surface area contributed by atoms with Crippen LogP contribution >= 0.6 is 0 Å². The molecule has 0 fully saturated rings. The Morgan fingerprint density at radius 1 is 1.12 bits per heavy atom. The van der Waals surface area contributed by atoms with Crippen molar-refractivity contribution in [3.05, 3.63) is 72.8 Å². The van der Waals surface area contributed by atoms with Crippen LogP contribution in [0.2, 0.25) is 0 Å². The van der Waals surface area contributed by atoms with Crippen molar-refractivity contribution in [3.63, 3.8) is 0 Å². The predicted octanol–water partition coefficient (Wildman–Crippen LogP) is 2.94. The van der Waals surface area contributed by atoms with Crippen molar-refractivity contribution in [3.8, 4) is 11.5 Å². The lowest BCUT2D eigenvalue weighted by Gasteiger charge is -2.10. The van der Waals surface area contributed by atoms with Gasteiger partial charge in [-0.2, -0.15) is 0 Å². The van der Waals surface area contributed by atoms with Crippen molar-refractivity contribution in [1.82, 2.24) is 9.97 Å². The van der Waals surface area contributed by atoms with E-state index in [-0.39, 0.29) is 5.91 Å². The fourth-order valence-electron chi connectivity index (χ4n) is 2.62. The van der Waals surface area contributed by atoms with Crippen LogP contribution in [-0.4, -0.2) is 23.7 Å². The second-order valence-electron chi connectivity index (χ2n) is 5.50. The van der Waals surface area contributed by atoms with Gasteiger partial charge in [0.15, 0.2) is 5.76 Å². The average Bonchev–Trinajstić information content (AvgIpc) is 3.16. The molecule has 118 valence electrons. The molecular formula is C19H12BN3O2. The van der Waals surface area contributed by atoms with E-state index in [9.17, 15) is 4.79 Å². The third-order valence-corrected chi connectivity index (χ3v) is 3.77. The van der Waals surface area contributed by atoms with E-state index in [1.165, 1.54) is 0 Å². The van der Waals surface area contributed by atoms with Crippen LogP contribution in [0.4, 0.5) is 5.69 Å². The van der Waals surface area contributed by atoms with E-state index in [1.54, 1.807) is 67.2 Å². The van der Waals surface area contributed by atoms with E-state index in [4.69, 9.17) is 12.3 Å². The number of pyridine rings is 2. The fourth-order valence-corrected chi connectivity index (χ4v) is 2.62. The Hall–Kier alpha value is -3.41. The van der Waals surface area contributed by atoms with Crippen molar-refractivity contribution in [2.24, 2.45) is 0 Å². The van der Waals surface area contributed by atoms with Gasteiger partial charge in [0, 0.05) is 11.6 Å². The molecule has 0 aliphatic heterocycles. The number of anilines is 1. The van der Waals surface area contributed by atoms with Crippen molar-refractivity contribution >= 4 is 35.8 Å². The van der Waals surface area contributed by atoms with E-state index in [2.05, 4.69) is 15.3 Å². The highest BCUT2D eigenvalue weighted by Gasteiger charge is 2.15. The molecule has 3 heterocycles. The van der Waals surface area contributed by atoms with Crippen LogP contribution in [0.15, 0.2) is 71.6 Å². The first kappa shape index (κ1) is 15.1. The van der Waals surface area contributed by atoms with Crippen LogP contribution in [0.5, 0.6) is 0 Å². The summed E-state index contributed by atoms with van der Waals surface area (Å²) >= 11 is 0. The first-order chi connectivity index (χ1) is 12.2. The van der Waals surface area contributed by atoms with E-state index < -0.39 is 0 Å². The molecule has 6 heteroatoms. The number of nitrogens with one attached hydrogen (secondary N) is 1. The number of carbonyl (C=O) groups excluding carboxylic acids is 1. The maximum Gasteiger partial charge on any atom is 0.256 e. The van der Waals surface area contributed by atoms with E-state index in [1.807, 2.05) is 0 Å². The van der Waals surface area contributed by atoms with Gasteiger partial charge in [-0.3, -0.25) is 9.78 Å². The first-order valence-corrected chi connectivity index (χ1v) is 7.66. The third-order valence-electron chi connectivity index (χ3n) is 3.77. The number of rotatable bonds is 3. The molecule has 0 saturated heterocycles. The van der Waals surface area contributed by atoms with Crippen molar-refractivity contribution < 1.29 is 9.21 Å². The highest BCUT2D eigenvalue weighted by atomic mass is 16.3. The molecule has 3 aromatic heterocycles. The summed E-state index contributed by atoms with van der Waals surface area (Å²) in [6, 6.07) is 14.1. The number of fused-ring (bicyclic) bond motifs is 1. The van der Waals surface area contributed by atoms with Gasteiger partial charge in [0.25, 0.3) is 5.91 Å². The molecule has 5 nitrogen and oxygen atoms in total. The molecule has 4 aromatic rings. The van der Waals surface area contributed by atoms with E-state index in [0.717, 1.165) is 0 Å². The van der Waals surface area contributed by atoms with Crippen molar-refractivity contribution in [2.45, 2.75) is 0 Å². The fraction of sp³-hybridized carbons (Fsp3) is 0. The number of aromatic nitrogens is 2. The van der Waals surface area contributed by atoms with Crippen LogP contribution in [-0.2, 0) is 0 Å². The largest absolute Gasteiger partial charge is 0.463 e. The maximum atomic E-state index is 12.8. The van der Waals surface area contributed by atoms with E-state index >= 15 is 0 Å². The van der Waals surface area contributed by atoms with Gasteiger partial charge in [-0.05, 0) is 36.4 Å². The summed E-state index contributed by atoms with van der Waals surface area (Å²) in [5, 5.41) is 3.52. The Morgan fingerprint density at radius 3 is 2.80 bits per heavy atom. The molecule has 0 aliphatic carbocycles. The van der Waals surface area contributed by atoms with Crippen LogP contribution in [0, 0.1) is 0 Å². The minimum atomic E-state index is -0.265. The molecule has 0 bridgehead atoms. The quantitative estimate of drug-likeness (QED) is 0.588. The molecule has 0 aliphatic rings. The summed E-state index contributed by atoms with van der Waals surface area (Å²) in [7, 11) is 5.89. The molecule has 1 aromatic carbocycles. The van der Waals surface area contributed by atoms with Gasteiger partial charge < -0.3 is 9.73 Å². The van der Waals surface area contributed by atoms with Gasteiger partial charge in [0.05, 0.1) is 29.2 Å². The Bertz CT molecular complexity index is 1050. The molecule has 2 radical (unpaired) electrons. The molecule has 0 unspecified atom stereocenters. The van der Waals surface area contributed by atoms with Gasteiger partial charge in [-0.15, -0.1) is 0 Å². The lowest BCUT2D eigenvalue weighted by atomic mass is 9.93. The second-order valence-corrected chi connectivity index (χ2v) is 5.50. The number of amides is 1.